The van der Waals surface area contributed by atoms with E-state index in [4.69, 9.17) is 4.74 Å². The van der Waals surface area contributed by atoms with Gasteiger partial charge < -0.3 is 10.1 Å². The number of rotatable bonds is 6. The number of anilines is 2. The lowest BCUT2D eigenvalue weighted by Crippen LogP contribution is -2.30. The van der Waals surface area contributed by atoms with E-state index in [9.17, 15) is 14.4 Å². The molecule has 3 rings (SSSR count). The summed E-state index contributed by atoms with van der Waals surface area (Å²) < 4.78 is 5.26. The number of ether oxygens (including phenoxy) is 1. The highest BCUT2D eigenvalue weighted by atomic mass is 32.1. The number of aromatic nitrogens is 1. The molecule has 2 heterocycles. The molecule has 1 unspecified atom stereocenters. The van der Waals surface area contributed by atoms with Gasteiger partial charge in [0, 0.05) is 24.0 Å². The number of thiazole rings is 1. The summed E-state index contributed by atoms with van der Waals surface area (Å²) in [4.78, 5) is 42.4. The molecule has 1 saturated heterocycles. The lowest BCUT2D eigenvalue weighted by molar-refractivity contribution is -0.152. The van der Waals surface area contributed by atoms with Gasteiger partial charge in [-0.3, -0.25) is 19.3 Å². The monoisotopic (exact) mass is 429 g/mol. The molecule has 1 aliphatic heterocycles. The van der Waals surface area contributed by atoms with Crippen LogP contribution in [0.4, 0.5) is 10.8 Å². The van der Waals surface area contributed by atoms with Gasteiger partial charge in [-0.2, -0.15) is 0 Å². The highest BCUT2D eigenvalue weighted by Gasteiger charge is 2.25. The number of carbonyl (C=O) groups is 3. The second-order valence-electron chi connectivity index (χ2n) is 8.40. The fourth-order valence-corrected chi connectivity index (χ4v) is 3.96. The van der Waals surface area contributed by atoms with Crippen LogP contribution in [0.15, 0.2) is 29.6 Å². The minimum atomic E-state index is -0.932. The average molecular weight is 430 g/mol. The van der Waals surface area contributed by atoms with Crippen LogP contribution in [0.5, 0.6) is 0 Å². The maximum atomic E-state index is 12.4. The van der Waals surface area contributed by atoms with Crippen LogP contribution in [0, 0.1) is 0 Å². The van der Waals surface area contributed by atoms with Gasteiger partial charge in [-0.15, -0.1) is 11.3 Å². The molecular formula is C22H27N3O4S. The molecule has 2 aromatic rings. The normalized spacial score (nSPS) is 15.2. The van der Waals surface area contributed by atoms with Crippen LogP contribution in [0.3, 0.4) is 0 Å². The van der Waals surface area contributed by atoms with Crippen molar-refractivity contribution in [1.29, 1.82) is 0 Å². The summed E-state index contributed by atoms with van der Waals surface area (Å²) in [5.41, 5.74) is 2.38. The molecule has 1 atom stereocenters. The Balaban J connectivity index is 1.51. The topological polar surface area (TPSA) is 88.6 Å². The Labute approximate surface area is 180 Å². The first kappa shape index (κ1) is 22.0. The minimum Gasteiger partial charge on any atom is -0.452 e. The van der Waals surface area contributed by atoms with Gasteiger partial charge in [0.1, 0.15) is 0 Å². The number of hydrogen-bond acceptors (Lipinski definition) is 6. The van der Waals surface area contributed by atoms with Gasteiger partial charge >= 0.3 is 5.97 Å². The van der Waals surface area contributed by atoms with Crippen LogP contribution >= 0.6 is 11.3 Å². The molecule has 7 nitrogen and oxygen atoms in total. The molecule has 2 amide bonds. The summed E-state index contributed by atoms with van der Waals surface area (Å²) in [6.45, 7) is 8.56. The minimum absolute atomic E-state index is 0.0307. The summed E-state index contributed by atoms with van der Waals surface area (Å²) in [5.74, 6) is -0.877. The molecule has 1 aromatic carbocycles. The van der Waals surface area contributed by atoms with E-state index in [0.29, 0.717) is 29.5 Å². The molecule has 0 radical (unpaired) electrons. The average Bonchev–Trinajstić information content (AvgIpc) is 3.29. The highest BCUT2D eigenvalue weighted by Crippen LogP contribution is 2.26. The first-order valence-corrected chi connectivity index (χ1v) is 10.9. The first-order valence-electron chi connectivity index (χ1n) is 9.99. The smallest absolute Gasteiger partial charge is 0.312 e. The second kappa shape index (κ2) is 8.95. The fourth-order valence-electron chi connectivity index (χ4n) is 3.09. The third-order valence-corrected chi connectivity index (χ3v) is 5.78. The van der Waals surface area contributed by atoms with Gasteiger partial charge in [0.2, 0.25) is 5.91 Å². The SMILES string of the molecule is CC(OC(=O)Cc1csc(N2CCCC2=O)n1)C(=O)Nc1ccc(C(C)(C)C)cc1. The van der Waals surface area contributed by atoms with Crippen LogP contribution in [-0.4, -0.2) is 35.4 Å². The fraction of sp³-hybridized carbons (Fsp3) is 0.455. The van der Waals surface area contributed by atoms with Crippen molar-refractivity contribution in [3.05, 3.63) is 40.9 Å². The third-order valence-electron chi connectivity index (χ3n) is 4.87. The summed E-state index contributed by atoms with van der Waals surface area (Å²) in [6.07, 6.45) is 0.373. The largest absolute Gasteiger partial charge is 0.452 e. The molecular weight excluding hydrogens is 402 g/mol. The van der Waals surface area contributed by atoms with E-state index in [2.05, 4.69) is 31.1 Å². The third kappa shape index (κ3) is 5.44. The molecule has 0 spiro atoms. The van der Waals surface area contributed by atoms with Gasteiger partial charge in [-0.25, -0.2) is 4.98 Å². The number of hydrogen-bond donors (Lipinski definition) is 1. The van der Waals surface area contributed by atoms with Gasteiger partial charge in [-0.05, 0) is 36.5 Å². The van der Waals surface area contributed by atoms with Crippen molar-refractivity contribution < 1.29 is 19.1 Å². The summed E-state index contributed by atoms with van der Waals surface area (Å²) >= 11 is 1.33. The van der Waals surface area contributed by atoms with E-state index in [1.165, 1.54) is 23.8 Å². The molecule has 0 bridgehead atoms. The Kier molecular flexibility index (Phi) is 6.55. The lowest BCUT2D eigenvalue weighted by Gasteiger charge is -2.19. The zero-order chi connectivity index (χ0) is 21.9. The van der Waals surface area contributed by atoms with Crippen LogP contribution in [0.1, 0.15) is 51.8 Å². The molecule has 1 N–H and O–H groups in total. The van der Waals surface area contributed by atoms with Crippen molar-refractivity contribution in [1.82, 2.24) is 4.98 Å². The van der Waals surface area contributed by atoms with Crippen LogP contribution < -0.4 is 10.2 Å². The van der Waals surface area contributed by atoms with Gasteiger partial charge in [0.15, 0.2) is 11.2 Å². The Bertz CT molecular complexity index is 931. The van der Waals surface area contributed by atoms with E-state index in [1.54, 1.807) is 10.3 Å². The van der Waals surface area contributed by atoms with E-state index < -0.39 is 18.0 Å². The molecule has 1 aliphatic rings. The summed E-state index contributed by atoms with van der Waals surface area (Å²) in [6, 6.07) is 7.61. The van der Waals surface area contributed by atoms with Crippen LogP contribution in [0.2, 0.25) is 0 Å². The number of esters is 1. The number of nitrogens with one attached hydrogen (secondary N) is 1. The number of amides is 2. The molecule has 1 fully saturated rings. The highest BCUT2D eigenvalue weighted by molar-refractivity contribution is 7.14. The van der Waals surface area contributed by atoms with E-state index in [0.717, 1.165) is 6.42 Å². The number of nitrogens with zero attached hydrogens (tertiary/aromatic N) is 2. The zero-order valence-electron chi connectivity index (χ0n) is 17.7. The van der Waals surface area contributed by atoms with Crippen molar-refractivity contribution in [2.75, 3.05) is 16.8 Å². The van der Waals surface area contributed by atoms with Gasteiger partial charge in [0.05, 0.1) is 12.1 Å². The Morgan fingerprint density at radius 2 is 1.97 bits per heavy atom. The van der Waals surface area contributed by atoms with E-state index in [1.807, 2.05) is 24.3 Å². The van der Waals surface area contributed by atoms with Gasteiger partial charge in [-0.1, -0.05) is 32.9 Å². The maximum absolute atomic E-state index is 12.4. The second-order valence-corrected chi connectivity index (χ2v) is 9.23. The Hall–Kier alpha value is -2.74. The standard InChI is InChI=1S/C22H27N3O4S/c1-14(20(28)23-16-9-7-15(8-10-16)22(2,3)4)29-19(27)12-17-13-30-21(24-17)25-11-5-6-18(25)26/h7-10,13-14H,5-6,11-12H2,1-4H3,(H,23,28). The molecule has 160 valence electrons. The summed E-state index contributed by atoms with van der Waals surface area (Å²) in [7, 11) is 0. The van der Waals surface area contributed by atoms with Crippen LogP contribution in [-0.2, 0) is 31.0 Å². The Morgan fingerprint density at radius 3 is 2.57 bits per heavy atom. The predicted octanol–water partition coefficient (Wildman–Crippen LogP) is 3.68. The molecule has 8 heteroatoms. The molecule has 0 saturated carbocycles. The first-order chi connectivity index (χ1) is 14.1. The van der Waals surface area contributed by atoms with Crippen LogP contribution in [0.25, 0.3) is 0 Å². The lowest BCUT2D eigenvalue weighted by atomic mass is 9.87. The predicted molar refractivity (Wildman–Crippen MR) is 117 cm³/mol. The van der Waals surface area contributed by atoms with Crippen molar-refractivity contribution >= 4 is 39.9 Å². The molecule has 30 heavy (non-hydrogen) atoms. The number of benzene rings is 1. The summed E-state index contributed by atoms with van der Waals surface area (Å²) in [5, 5.41) is 5.10. The zero-order valence-corrected chi connectivity index (χ0v) is 18.5. The van der Waals surface area contributed by atoms with Crippen molar-refractivity contribution in [2.45, 2.75) is 58.5 Å². The Morgan fingerprint density at radius 1 is 1.27 bits per heavy atom. The molecule has 0 aliphatic carbocycles. The van der Waals surface area contributed by atoms with E-state index in [-0.39, 0.29) is 17.7 Å². The quantitative estimate of drug-likeness (QED) is 0.708. The van der Waals surface area contributed by atoms with Crippen molar-refractivity contribution in [3.63, 3.8) is 0 Å². The van der Waals surface area contributed by atoms with Crippen molar-refractivity contribution in [2.24, 2.45) is 0 Å². The van der Waals surface area contributed by atoms with Gasteiger partial charge in [0.25, 0.3) is 5.91 Å². The number of carbonyl (C=O) groups excluding carboxylic acids is 3. The molecule has 1 aromatic heterocycles. The van der Waals surface area contributed by atoms with Crippen molar-refractivity contribution in [3.8, 4) is 0 Å². The van der Waals surface area contributed by atoms with E-state index >= 15 is 0 Å². The maximum Gasteiger partial charge on any atom is 0.312 e.